The van der Waals surface area contributed by atoms with Crippen molar-refractivity contribution in [3.63, 3.8) is 0 Å². The molecule has 0 amide bonds. The topological polar surface area (TPSA) is 62.3 Å². The smallest absolute Gasteiger partial charge is 0.246 e. The zero-order chi connectivity index (χ0) is 14.6. The summed E-state index contributed by atoms with van der Waals surface area (Å²) in [5, 5.41) is 3.11. The molecule has 1 fully saturated rings. The quantitative estimate of drug-likeness (QED) is 0.800. The Labute approximate surface area is 121 Å². The van der Waals surface area contributed by atoms with Crippen molar-refractivity contribution >= 4 is 15.8 Å². The van der Waals surface area contributed by atoms with Crippen LogP contribution in [0.25, 0.3) is 0 Å². The molecule has 0 aliphatic heterocycles. The maximum atomic E-state index is 12.8. The second-order valence-electron chi connectivity index (χ2n) is 5.12. The average Bonchev–Trinajstić information content (AvgIpc) is 3.27. The van der Waals surface area contributed by atoms with Gasteiger partial charge in [-0.1, -0.05) is 13.8 Å². The normalized spacial score (nSPS) is 15.6. The van der Waals surface area contributed by atoms with Gasteiger partial charge in [0.25, 0.3) is 0 Å². The van der Waals surface area contributed by atoms with Crippen LogP contribution in [0.2, 0.25) is 0 Å². The summed E-state index contributed by atoms with van der Waals surface area (Å²) in [7, 11) is -3.45. The summed E-state index contributed by atoms with van der Waals surface area (Å²) in [4.78, 5) is 4.49. The molecule has 112 valence electrons. The predicted octanol–water partition coefficient (Wildman–Crippen LogP) is 2.47. The highest BCUT2D eigenvalue weighted by molar-refractivity contribution is 7.89. The number of nitrogens with zero attached hydrogens (tertiary/aromatic N) is 2. The number of pyridine rings is 1. The summed E-state index contributed by atoms with van der Waals surface area (Å²) in [5.41, 5.74) is 0. The number of aromatic nitrogens is 1. The van der Waals surface area contributed by atoms with Crippen LogP contribution < -0.4 is 5.32 Å². The fourth-order valence-corrected chi connectivity index (χ4v) is 4.08. The Morgan fingerprint density at radius 2 is 2.10 bits per heavy atom. The van der Waals surface area contributed by atoms with Gasteiger partial charge >= 0.3 is 0 Å². The van der Waals surface area contributed by atoms with Gasteiger partial charge in [-0.3, -0.25) is 0 Å². The summed E-state index contributed by atoms with van der Waals surface area (Å²) in [5.74, 6) is 0.469. The van der Waals surface area contributed by atoms with Gasteiger partial charge in [0.1, 0.15) is 10.7 Å². The number of hydrogen-bond donors (Lipinski definition) is 1. The first-order valence-corrected chi connectivity index (χ1v) is 8.76. The van der Waals surface area contributed by atoms with E-state index in [1.54, 1.807) is 22.6 Å². The molecule has 0 atom stereocenters. The Morgan fingerprint density at radius 1 is 1.35 bits per heavy atom. The number of anilines is 1. The van der Waals surface area contributed by atoms with Gasteiger partial charge in [0, 0.05) is 25.3 Å². The van der Waals surface area contributed by atoms with Crippen molar-refractivity contribution in [1.82, 2.24) is 9.29 Å². The highest BCUT2D eigenvalue weighted by Crippen LogP contribution is 2.33. The van der Waals surface area contributed by atoms with E-state index in [2.05, 4.69) is 10.3 Å². The van der Waals surface area contributed by atoms with Crippen LogP contribution in [0.5, 0.6) is 0 Å². The Morgan fingerprint density at radius 3 is 2.70 bits per heavy atom. The number of rotatable bonds is 8. The minimum absolute atomic E-state index is 0.180. The molecular formula is C14H23N3O2S. The highest BCUT2D eigenvalue weighted by atomic mass is 32.2. The van der Waals surface area contributed by atoms with Crippen molar-refractivity contribution in [2.45, 2.75) is 50.5 Å². The minimum atomic E-state index is -3.45. The molecule has 1 aliphatic rings. The maximum Gasteiger partial charge on any atom is 0.246 e. The Balaban J connectivity index is 2.32. The van der Waals surface area contributed by atoms with Crippen molar-refractivity contribution in [2.24, 2.45) is 0 Å². The van der Waals surface area contributed by atoms with Gasteiger partial charge in [-0.05, 0) is 37.8 Å². The molecule has 0 unspecified atom stereocenters. The minimum Gasteiger partial charge on any atom is -0.369 e. The first-order chi connectivity index (χ1) is 9.61. The van der Waals surface area contributed by atoms with E-state index < -0.39 is 10.0 Å². The van der Waals surface area contributed by atoms with Crippen LogP contribution >= 0.6 is 0 Å². The van der Waals surface area contributed by atoms with Crippen molar-refractivity contribution in [3.8, 4) is 0 Å². The standard InChI is InChI=1S/C14H23N3O2S/c1-3-9-15-14-13(6-5-10-16-14)20(18,19)17(11-4-2)12-7-8-12/h5-6,10,12H,3-4,7-9,11H2,1-2H3,(H,15,16). The lowest BCUT2D eigenvalue weighted by atomic mass is 10.4. The van der Waals surface area contributed by atoms with E-state index in [-0.39, 0.29) is 6.04 Å². The number of hydrogen-bond acceptors (Lipinski definition) is 4. The van der Waals surface area contributed by atoms with Gasteiger partial charge in [-0.15, -0.1) is 0 Å². The largest absolute Gasteiger partial charge is 0.369 e. The van der Waals surface area contributed by atoms with Crippen LogP contribution in [0.4, 0.5) is 5.82 Å². The molecule has 0 saturated heterocycles. The van der Waals surface area contributed by atoms with E-state index in [1.165, 1.54) is 0 Å². The zero-order valence-electron chi connectivity index (χ0n) is 12.2. The lowest BCUT2D eigenvalue weighted by Gasteiger charge is -2.22. The third-order valence-corrected chi connectivity index (χ3v) is 5.28. The molecule has 1 N–H and O–H groups in total. The van der Waals surface area contributed by atoms with Crippen LogP contribution in [0.3, 0.4) is 0 Å². The van der Waals surface area contributed by atoms with E-state index in [0.717, 1.165) is 32.2 Å². The Bertz CT molecular complexity index is 541. The van der Waals surface area contributed by atoms with Gasteiger partial charge < -0.3 is 5.32 Å². The van der Waals surface area contributed by atoms with Crippen molar-refractivity contribution in [1.29, 1.82) is 0 Å². The molecule has 2 rings (SSSR count). The van der Waals surface area contributed by atoms with Gasteiger partial charge in [-0.25, -0.2) is 13.4 Å². The van der Waals surface area contributed by atoms with Crippen LogP contribution in [0.15, 0.2) is 23.2 Å². The summed E-state index contributed by atoms with van der Waals surface area (Å²) < 4.78 is 27.3. The van der Waals surface area contributed by atoms with Crippen molar-refractivity contribution in [3.05, 3.63) is 18.3 Å². The summed E-state index contributed by atoms with van der Waals surface area (Å²) >= 11 is 0. The first-order valence-electron chi connectivity index (χ1n) is 7.32. The maximum absolute atomic E-state index is 12.8. The molecule has 5 nitrogen and oxygen atoms in total. The molecular weight excluding hydrogens is 274 g/mol. The third-order valence-electron chi connectivity index (χ3n) is 3.30. The molecule has 0 bridgehead atoms. The van der Waals surface area contributed by atoms with Gasteiger partial charge in [-0.2, -0.15) is 4.31 Å². The van der Waals surface area contributed by atoms with Crippen LogP contribution in [0, 0.1) is 0 Å². The molecule has 0 spiro atoms. The lowest BCUT2D eigenvalue weighted by molar-refractivity contribution is 0.403. The molecule has 1 saturated carbocycles. The van der Waals surface area contributed by atoms with E-state index in [1.807, 2.05) is 13.8 Å². The van der Waals surface area contributed by atoms with E-state index >= 15 is 0 Å². The fraction of sp³-hybridized carbons (Fsp3) is 0.643. The molecule has 0 radical (unpaired) electrons. The molecule has 1 aliphatic carbocycles. The first kappa shape index (κ1) is 15.3. The van der Waals surface area contributed by atoms with Gasteiger partial charge in [0.05, 0.1) is 0 Å². The molecule has 6 heteroatoms. The summed E-state index contributed by atoms with van der Waals surface area (Å²) in [6, 6.07) is 3.51. The molecule has 1 aromatic heterocycles. The molecule has 0 aromatic carbocycles. The average molecular weight is 297 g/mol. The van der Waals surface area contributed by atoms with Crippen LogP contribution in [-0.2, 0) is 10.0 Å². The second kappa shape index (κ2) is 6.54. The highest BCUT2D eigenvalue weighted by Gasteiger charge is 2.38. The monoisotopic (exact) mass is 297 g/mol. The summed E-state index contributed by atoms with van der Waals surface area (Å²) in [6.07, 6.45) is 5.32. The van der Waals surface area contributed by atoms with E-state index in [0.29, 0.717) is 17.3 Å². The van der Waals surface area contributed by atoms with Crippen molar-refractivity contribution < 1.29 is 8.42 Å². The number of nitrogens with one attached hydrogen (secondary N) is 1. The predicted molar refractivity (Wildman–Crippen MR) is 80.2 cm³/mol. The fourth-order valence-electron chi connectivity index (χ4n) is 2.18. The number of sulfonamides is 1. The summed E-state index contributed by atoms with van der Waals surface area (Å²) in [6.45, 7) is 5.34. The van der Waals surface area contributed by atoms with Gasteiger partial charge in [0.15, 0.2) is 0 Å². The molecule has 1 heterocycles. The Hall–Kier alpha value is -1.14. The van der Waals surface area contributed by atoms with Crippen LogP contribution in [-0.4, -0.2) is 36.8 Å². The van der Waals surface area contributed by atoms with E-state index in [9.17, 15) is 8.42 Å². The molecule has 20 heavy (non-hydrogen) atoms. The molecule has 1 aromatic rings. The SMILES string of the molecule is CCCNc1ncccc1S(=O)(=O)N(CCC)C1CC1. The van der Waals surface area contributed by atoms with Crippen LogP contribution in [0.1, 0.15) is 39.5 Å². The lowest BCUT2D eigenvalue weighted by Crippen LogP contribution is -2.34. The van der Waals surface area contributed by atoms with Crippen molar-refractivity contribution in [2.75, 3.05) is 18.4 Å². The zero-order valence-corrected chi connectivity index (χ0v) is 13.0. The third kappa shape index (κ3) is 3.30. The Kier molecular flexibility index (Phi) is 4.99. The second-order valence-corrected chi connectivity index (χ2v) is 6.98. The van der Waals surface area contributed by atoms with Gasteiger partial charge in [0.2, 0.25) is 10.0 Å². The van der Waals surface area contributed by atoms with E-state index in [4.69, 9.17) is 0 Å².